The molecule has 1 aliphatic rings. The van der Waals surface area contributed by atoms with Crippen molar-refractivity contribution in [1.82, 2.24) is 4.98 Å². The van der Waals surface area contributed by atoms with Gasteiger partial charge in [0, 0.05) is 18.7 Å². The Hall–Kier alpha value is -1.38. The van der Waals surface area contributed by atoms with Crippen molar-refractivity contribution in [2.45, 2.75) is 33.1 Å². The zero-order valence-electron chi connectivity index (χ0n) is 9.26. The van der Waals surface area contributed by atoms with Crippen molar-refractivity contribution in [3.8, 4) is 0 Å². The van der Waals surface area contributed by atoms with E-state index >= 15 is 0 Å². The maximum Gasteiger partial charge on any atom is 0.134 e. The van der Waals surface area contributed by atoms with Crippen LogP contribution in [-0.4, -0.2) is 17.3 Å². The lowest BCUT2D eigenvalue weighted by molar-refractivity contribution is -0.116. The molecule has 1 aromatic heterocycles. The number of aromatic nitrogens is 1. The average Bonchev–Trinajstić information content (AvgIpc) is 2.18. The summed E-state index contributed by atoms with van der Waals surface area (Å²) in [6, 6.07) is 2.08. The van der Waals surface area contributed by atoms with E-state index in [0.29, 0.717) is 6.42 Å². The number of fused-ring (bicyclic) bond motifs is 1. The molecule has 3 heteroatoms. The molecule has 0 aromatic carbocycles. The molecule has 2 heterocycles. The Balaban J connectivity index is 2.36. The van der Waals surface area contributed by atoms with Crippen LogP contribution >= 0.6 is 0 Å². The number of carbonyl (C=O) groups is 1. The molecule has 2 rings (SSSR count). The molecule has 0 saturated carbocycles. The molecule has 0 aliphatic carbocycles. The topological polar surface area (TPSA) is 42.0 Å². The summed E-state index contributed by atoms with van der Waals surface area (Å²) >= 11 is 0. The summed E-state index contributed by atoms with van der Waals surface area (Å²) in [6.45, 7) is 4.61. The van der Waals surface area contributed by atoms with Gasteiger partial charge in [-0.15, -0.1) is 0 Å². The number of Topliss-reactive ketones (excluding diaryl/α,β-unsaturated/α-hetero) is 1. The normalized spacial score (nSPS) is 14.3. The largest absolute Gasteiger partial charge is 0.384 e. The summed E-state index contributed by atoms with van der Waals surface area (Å²) in [7, 11) is 0. The molecule has 0 spiro atoms. The SMILES string of the molecule is CC(=O)Cc1cc2c(nc1C)CCCN2. The summed E-state index contributed by atoms with van der Waals surface area (Å²) in [6.07, 6.45) is 2.68. The van der Waals surface area contributed by atoms with Crippen LogP contribution in [0.5, 0.6) is 0 Å². The highest BCUT2D eigenvalue weighted by molar-refractivity contribution is 5.78. The Morgan fingerprint density at radius 2 is 2.40 bits per heavy atom. The minimum Gasteiger partial charge on any atom is -0.384 e. The second-order valence-electron chi connectivity index (χ2n) is 4.14. The highest BCUT2D eigenvalue weighted by atomic mass is 16.1. The van der Waals surface area contributed by atoms with E-state index in [4.69, 9.17) is 0 Å². The Kier molecular flexibility index (Phi) is 2.71. The number of aryl methyl sites for hydroxylation is 2. The molecule has 1 N–H and O–H groups in total. The zero-order chi connectivity index (χ0) is 10.8. The third kappa shape index (κ3) is 2.17. The minimum atomic E-state index is 0.190. The van der Waals surface area contributed by atoms with Crippen LogP contribution in [0.1, 0.15) is 30.3 Å². The molecular weight excluding hydrogens is 188 g/mol. The Bertz CT molecular complexity index is 399. The molecule has 3 nitrogen and oxygen atoms in total. The minimum absolute atomic E-state index is 0.190. The van der Waals surface area contributed by atoms with E-state index in [2.05, 4.69) is 16.4 Å². The van der Waals surface area contributed by atoms with Crippen LogP contribution in [-0.2, 0) is 17.6 Å². The van der Waals surface area contributed by atoms with Crippen molar-refractivity contribution in [1.29, 1.82) is 0 Å². The van der Waals surface area contributed by atoms with E-state index < -0.39 is 0 Å². The van der Waals surface area contributed by atoms with Gasteiger partial charge in [0.15, 0.2) is 0 Å². The number of rotatable bonds is 2. The van der Waals surface area contributed by atoms with Crippen LogP contribution in [0, 0.1) is 6.92 Å². The lowest BCUT2D eigenvalue weighted by Crippen LogP contribution is -2.15. The van der Waals surface area contributed by atoms with Crippen LogP contribution < -0.4 is 5.32 Å². The molecule has 0 amide bonds. The van der Waals surface area contributed by atoms with Gasteiger partial charge in [-0.05, 0) is 38.3 Å². The fraction of sp³-hybridized carbons (Fsp3) is 0.500. The number of pyridine rings is 1. The van der Waals surface area contributed by atoms with E-state index in [1.165, 1.54) is 0 Å². The van der Waals surface area contributed by atoms with E-state index in [1.807, 2.05) is 6.92 Å². The number of hydrogen-bond acceptors (Lipinski definition) is 3. The molecule has 0 unspecified atom stereocenters. The van der Waals surface area contributed by atoms with Gasteiger partial charge in [0.05, 0.1) is 11.4 Å². The highest BCUT2D eigenvalue weighted by Crippen LogP contribution is 2.23. The van der Waals surface area contributed by atoms with Crippen molar-refractivity contribution in [3.63, 3.8) is 0 Å². The monoisotopic (exact) mass is 204 g/mol. The quantitative estimate of drug-likeness (QED) is 0.799. The predicted molar refractivity (Wildman–Crippen MR) is 60.2 cm³/mol. The molecule has 0 radical (unpaired) electrons. The van der Waals surface area contributed by atoms with Crippen molar-refractivity contribution >= 4 is 11.5 Å². The summed E-state index contributed by atoms with van der Waals surface area (Å²) < 4.78 is 0. The van der Waals surface area contributed by atoms with Gasteiger partial charge in [-0.1, -0.05) is 0 Å². The molecule has 15 heavy (non-hydrogen) atoms. The van der Waals surface area contributed by atoms with E-state index in [-0.39, 0.29) is 5.78 Å². The lowest BCUT2D eigenvalue weighted by atomic mass is 10.0. The van der Waals surface area contributed by atoms with Gasteiger partial charge in [-0.25, -0.2) is 0 Å². The van der Waals surface area contributed by atoms with E-state index in [9.17, 15) is 4.79 Å². The van der Waals surface area contributed by atoms with Gasteiger partial charge < -0.3 is 5.32 Å². The van der Waals surface area contributed by atoms with Gasteiger partial charge in [-0.3, -0.25) is 9.78 Å². The smallest absolute Gasteiger partial charge is 0.134 e. The van der Waals surface area contributed by atoms with Crippen molar-refractivity contribution in [3.05, 3.63) is 23.0 Å². The van der Waals surface area contributed by atoms with Gasteiger partial charge in [0.2, 0.25) is 0 Å². The summed E-state index contributed by atoms with van der Waals surface area (Å²) in [5.41, 5.74) is 4.30. The molecule has 0 atom stereocenters. The highest BCUT2D eigenvalue weighted by Gasteiger charge is 2.13. The molecule has 1 aliphatic heterocycles. The first kappa shape index (κ1) is 10.1. The zero-order valence-corrected chi connectivity index (χ0v) is 9.26. The summed E-state index contributed by atoms with van der Waals surface area (Å²) in [5, 5.41) is 3.33. The average molecular weight is 204 g/mol. The maximum absolute atomic E-state index is 11.1. The Morgan fingerprint density at radius 1 is 1.60 bits per heavy atom. The first-order chi connectivity index (χ1) is 7.16. The number of nitrogens with zero attached hydrogens (tertiary/aromatic N) is 1. The number of nitrogens with one attached hydrogen (secondary N) is 1. The Morgan fingerprint density at radius 3 is 3.13 bits per heavy atom. The molecule has 0 saturated heterocycles. The standard InChI is InChI=1S/C12H16N2O/c1-8(15)6-10-7-12-11(14-9(10)2)4-3-5-13-12/h7,13H,3-6H2,1-2H3. The fourth-order valence-corrected chi connectivity index (χ4v) is 1.97. The van der Waals surface area contributed by atoms with Crippen LogP contribution in [0.2, 0.25) is 0 Å². The Labute approximate surface area is 89.9 Å². The van der Waals surface area contributed by atoms with E-state index in [1.54, 1.807) is 6.92 Å². The number of anilines is 1. The fourth-order valence-electron chi connectivity index (χ4n) is 1.97. The molecule has 0 bridgehead atoms. The van der Waals surface area contributed by atoms with Crippen LogP contribution in [0.15, 0.2) is 6.07 Å². The third-order valence-corrected chi connectivity index (χ3v) is 2.74. The molecule has 80 valence electrons. The molecule has 1 aromatic rings. The molecule has 0 fully saturated rings. The molecular formula is C12H16N2O. The summed E-state index contributed by atoms with van der Waals surface area (Å²) in [5.74, 6) is 0.190. The second-order valence-corrected chi connectivity index (χ2v) is 4.14. The van der Waals surface area contributed by atoms with Gasteiger partial charge in [0.1, 0.15) is 5.78 Å². The predicted octanol–water partition coefficient (Wildman–Crippen LogP) is 1.88. The van der Waals surface area contributed by atoms with Crippen LogP contribution in [0.4, 0.5) is 5.69 Å². The van der Waals surface area contributed by atoms with Gasteiger partial charge >= 0.3 is 0 Å². The van der Waals surface area contributed by atoms with Gasteiger partial charge in [-0.2, -0.15) is 0 Å². The van der Waals surface area contributed by atoms with Crippen molar-refractivity contribution in [2.24, 2.45) is 0 Å². The van der Waals surface area contributed by atoms with E-state index in [0.717, 1.165) is 42.0 Å². The second kappa shape index (κ2) is 4.01. The van der Waals surface area contributed by atoms with Gasteiger partial charge in [0.25, 0.3) is 0 Å². The number of hydrogen-bond donors (Lipinski definition) is 1. The summed E-state index contributed by atoms with van der Waals surface area (Å²) in [4.78, 5) is 15.6. The van der Waals surface area contributed by atoms with Crippen LogP contribution in [0.3, 0.4) is 0 Å². The number of ketones is 1. The van der Waals surface area contributed by atoms with Crippen LogP contribution in [0.25, 0.3) is 0 Å². The lowest BCUT2D eigenvalue weighted by Gasteiger charge is -2.19. The third-order valence-electron chi connectivity index (χ3n) is 2.74. The first-order valence-electron chi connectivity index (χ1n) is 5.39. The first-order valence-corrected chi connectivity index (χ1v) is 5.39. The van der Waals surface area contributed by atoms with Crippen molar-refractivity contribution in [2.75, 3.05) is 11.9 Å². The maximum atomic E-state index is 11.1. The van der Waals surface area contributed by atoms with Crippen molar-refractivity contribution < 1.29 is 4.79 Å². The number of carbonyl (C=O) groups excluding carboxylic acids is 1.